The fourth-order valence-corrected chi connectivity index (χ4v) is 4.16. The lowest BCUT2D eigenvalue weighted by Crippen LogP contribution is -2.38. The monoisotopic (exact) mass is 407 g/mol. The first kappa shape index (κ1) is 21.9. The second-order valence-electron chi connectivity index (χ2n) is 9.20. The summed E-state index contributed by atoms with van der Waals surface area (Å²) in [5, 5.41) is 0. The lowest BCUT2D eigenvalue weighted by Gasteiger charge is -2.29. The van der Waals surface area contributed by atoms with Gasteiger partial charge in [0, 0.05) is 17.9 Å². The van der Waals surface area contributed by atoms with Crippen LogP contribution in [0.25, 0.3) is 0 Å². The van der Waals surface area contributed by atoms with Gasteiger partial charge < -0.3 is 14.5 Å². The Morgan fingerprint density at radius 3 is 1.87 bits per heavy atom. The number of aryl methyl sites for hydroxylation is 4. The molecule has 1 fully saturated rings. The first-order valence-corrected chi connectivity index (χ1v) is 10.5. The molecule has 1 atom stereocenters. The fourth-order valence-electron chi connectivity index (χ4n) is 4.16. The second kappa shape index (κ2) is 8.13. The largest absolute Gasteiger partial charge is 0.442 e. The molecule has 1 heterocycles. The number of para-hydroxylation sites is 2. The van der Waals surface area contributed by atoms with Crippen molar-refractivity contribution in [3.8, 4) is 0 Å². The van der Waals surface area contributed by atoms with Crippen LogP contribution < -0.4 is 9.80 Å². The van der Waals surface area contributed by atoms with Crippen LogP contribution in [0.2, 0.25) is 0 Å². The number of hydrogen-bond acceptors (Lipinski definition) is 2. The highest BCUT2D eigenvalue weighted by Gasteiger charge is 2.38. The van der Waals surface area contributed by atoms with E-state index in [0.29, 0.717) is 5.96 Å². The van der Waals surface area contributed by atoms with Crippen molar-refractivity contribution in [2.24, 2.45) is 4.99 Å². The van der Waals surface area contributed by atoms with E-state index < -0.39 is 11.7 Å². The van der Waals surface area contributed by atoms with Gasteiger partial charge in [0.25, 0.3) is 0 Å². The summed E-state index contributed by atoms with van der Waals surface area (Å²) in [4.78, 5) is 21.6. The van der Waals surface area contributed by atoms with E-state index in [-0.39, 0.29) is 6.04 Å². The molecule has 1 saturated heterocycles. The van der Waals surface area contributed by atoms with Crippen LogP contribution in [0.15, 0.2) is 41.4 Å². The Bertz CT molecular complexity index is 948. The maximum Gasteiger partial charge on any atom is 0.437 e. The minimum absolute atomic E-state index is 0.144. The highest BCUT2D eigenvalue weighted by molar-refractivity contribution is 6.14. The second-order valence-corrected chi connectivity index (χ2v) is 9.20. The lowest BCUT2D eigenvalue weighted by atomic mass is 10.1. The van der Waals surface area contributed by atoms with Gasteiger partial charge in [-0.25, -0.2) is 4.79 Å². The van der Waals surface area contributed by atoms with Crippen LogP contribution in [-0.2, 0) is 4.74 Å². The number of amides is 1. The molecule has 0 radical (unpaired) electrons. The maximum absolute atomic E-state index is 12.8. The number of aliphatic imine (C=N–C) groups is 1. The first-order valence-electron chi connectivity index (χ1n) is 10.5. The number of ether oxygens (including phenoxy) is 1. The Labute approximate surface area is 180 Å². The van der Waals surface area contributed by atoms with Crippen LogP contribution in [0.1, 0.15) is 49.9 Å². The highest BCUT2D eigenvalue weighted by Crippen LogP contribution is 2.36. The Balaban J connectivity index is 2.18. The van der Waals surface area contributed by atoms with E-state index in [9.17, 15) is 4.79 Å². The van der Waals surface area contributed by atoms with Gasteiger partial charge in [0.1, 0.15) is 5.60 Å². The molecule has 2 aromatic rings. The third-order valence-electron chi connectivity index (χ3n) is 5.32. The summed E-state index contributed by atoms with van der Waals surface area (Å²) in [5.41, 5.74) is 6.22. The molecule has 0 saturated carbocycles. The average molecular weight is 408 g/mol. The summed E-state index contributed by atoms with van der Waals surface area (Å²) in [6.07, 6.45) is -0.570. The van der Waals surface area contributed by atoms with Crippen molar-refractivity contribution in [1.29, 1.82) is 0 Å². The summed E-state index contributed by atoms with van der Waals surface area (Å²) in [7, 11) is 0. The number of benzene rings is 2. The summed E-state index contributed by atoms with van der Waals surface area (Å²) in [6, 6.07) is 12.7. The van der Waals surface area contributed by atoms with Crippen molar-refractivity contribution in [2.45, 2.75) is 67.0 Å². The molecule has 1 amide bonds. The van der Waals surface area contributed by atoms with Gasteiger partial charge in [-0.05, 0) is 77.6 Å². The summed E-state index contributed by atoms with van der Waals surface area (Å²) in [5.74, 6) is 0.617. The molecular weight excluding hydrogens is 374 g/mol. The molecule has 5 nitrogen and oxygen atoms in total. The van der Waals surface area contributed by atoms with E-state index in [4.69, 9.17) is 4.74 Å². The number of nitrogens with zero attached hydrogens (tertiary/aromatic N) is 3. The SMILES string of the molecule is Cc1cccc(C)c1N1CC(C)N(c2c(C)cccc2C)C1=NC(=O)OC(C)(C)C. The van der Waals surface area contributed by atoms with Crippen LogP contribution >= 0.6 is 0 Å². The van der Waals surface area contributed by atoms with Gasteiger partial charge in [0.2, 0.25) is 5.96 Å². The molecule has 0 N–H and O–H groups in total. The zero-order valence-corrected chi connectivity index (χ0v) is 19.4. The van der Waals surface area contributed by atoms with Crippen LogP contribution in [-0.4, -0.2) is 30.2 Å². The minimum atomic E-state index is -0.599. The van der Waals surface area contributed by atoms with Gasteiger partial charge in [-0.1, -0.05) is 36.4 Å². The van der Waals surface area contributed by atoms with Crippen molar-refractivity contribution in [3.05, 3.63) is 58.7 Å². The molecule has 0 bridgehead atoms. The summed E-state index contributed by atoms with van der Waals surface area (Å²) < 4.78 is 5.54. The quantitative estimate of drug-likeness (QED) is 0.619. The normalized spacial score (nSPS) is 18.3. The molecule has 0 aromatic heterocycles. The van der Waals surface area contributed by atoms with Crippen molar-refractivity contribution < 1.29 is 9.53 Å². The number of rotatable bonds is 2. The van der Waals surface area contributed by atoms with E-state index in [1.165, 1.54) is 0 Å². The highest BCUT2D eigenvalue weighted by atomic mass is 16.6. The van der Waals surface area contributed by atoms with Crippen LogP contribution in [0.4, 0.5) is 16.2 Å². The van der Waals surface area contributed by atoms with Crippen LogP contribution in [0.3, 0.4) is 0 Å². The minimum Gasteiger partial charge on any atom is -0.442 e. The van der Waals surface area contributed by atoms with Gasteiger partial charge in [-0.3, -0.25) is 0 Å². The summed E-state index contributed by atoms with van der Waals surface area (Å²) >= 11 is 0. The Morgan fingerprint density at radius 1 is 0.933 bits per heavy atom. The van der Waals surface area contributed by atoms with Gasteiger partial charge in [-0.2, -0.15) is 0 Å². The third-order valence-corrected chi connectivity index (χ3v) is 5.32. The Morgan fingerprint density at radius 2 is 1.40 bits per heavy atom. The van der Waals surface area contributed by atoms with E-state index in [1.54, 1.807) is 0 Å². The summed E-state index contributed by atoms with van der Waals surface area (Å²) in [6.45, 7) is 16.9. The smallest absolute Gasteiger partial charge is 0.437 e. The van der Waals surface area contributed by atoms with E-state index in [1.807, 2.05) is 20.8 Å². The predicted molar refractivity (Wildman–Crippen MR) is 125 cm³/mol. The topological polar surface area (TPSA) is 45.1 Å². The predicted octanol–water partition coefficient (Wildman–Crippen LogP) is 5.93. The molecule has 1 aliphatic heterocycles. The van der Waals surface area contributed by atoms with E-state index >= 15 is 0 Å². The zero-order valence-electron chi connectivity index (χ0n) is 19.4. The first-order chi connectivity index (χ1) is 14.0. The van der Waals surface area contributed by atoms with Gasteiger partial charge >= 0.3 is 6.09 Å². The third kappa shape index (κ3) is 4.35. The Hall–Kier alpha value is -2.82. The van der Waals surface area contributed by atoms with Gasteiger partial charge in [0.15, 0.2) is 0 Å². The van der Waals surface area contributed by atoms with E-state index in [0.717, 1.165) is 40.2 Å². The molecule has 30 heavy (non-hydrogen) atoms. The number of carbonyl (C=O) groups excluding carboxylic acids is 1. The maximum atomic E-state index is 12.8. The molecule has 1 aliphatic rings. The number of carbonyl (C=O) groups is 1. The van der Waals surface area contributed by atoms with Crippen molar-refractivity contribution >= 4 is 23.4 Å². The number of hydrogen-bond donors (Lipinski definition) is 0. The molecule has 0 aliphatic carbocycles. The number of anilines is 2. The van der Waals surface area contributed by atoms with Gasteiger partial charge in [0.05, 0.1) is 6.04 Å². The molecule has 5 heteroatoms. The molecule has 1 unspecified atom stereocenters. The molecule has 160 valence electrons. The fraction of sp³-hybridized carbons (Fsp3) is 0.440. The van der Waals surface area contributed by atoms with Gasteiger partial charge in [-0.15, -0.1) is 4.99 Å². The molecule has 2 aromatic carbocycles. The lowest BCUT2D eigenvalue weighted by molar-refractivity contribution is 0.0604. The van der Waals surface area contributed by atoms with Crippen LogP contribution in [0.5, 0.6) is 0 Å². The van der Waals surface area contributed by atoms with Crippen LogP contribution in [0, 0.1) is 27.7 Å². The standard InChI is InChI=1S/C25H33N3O2/c1-16-11-9-12-17(2)21(16)27-15-20(5)28(22-18(3)13-10-14-19(22)4)23(27)26-24(29)30-25(6,7)8/h9-14,20H,15H2,1-8H3. The molecule has 0 spiro atoms. The zero-order chi connectivity index (χ0) is 22.2. The van der Waals surface area contributed by atoms with Crippen molar-refractivity contribution in [3.63, 3.8) is 0 Å². The van der Waals surface area contributed by atoms with Crippen molar-refractivity contribution in [1.82, 2.24) is 0 Å². The Kier molecular flexibility index (Phi) is 5.93. The molecular formula is C25H33N3O2. The molecule has 3 rings (SSSR count). The average Bonchev–Trinajstić information content (AvgIpc) is 2.89. The van der Waals surface area contributed by atoms with Crippen molar-refractivity contribution in [2.75, 3.05) is 16.3 Å². The number of guanidine groups is 1. The van der Waals surface area contributed by atoms with E-state index in [2.05, 4.69) is 85.8 Å².